The summed E-state index contributed by atoms with van der Waals surface area (Å²) in [5, 5.41) is 8.41. The SMILES string of the molecule is Cc1ccc([Te]Cn2nnc3ccccc32)cc1. The molecule has 0 amide bonds. The number of fused-ring (bicyclic) bond motifs is 1. The van der Waals surface area contributed by atoms with Gasteiger partial charge in [0.1, 0.15) is 0 Å². The molecular weight excluding hydrogens is 338 g/mol. The molecule has 0 unspecified atom stereocenters. The van der Waals surface area contributed by atoms with E-state index >= 15 is 0 Å². The van der Waals surface area contributed by atoms with Crippen LogP contribution >= 0.6 is 0 Å². The zero-order valence-corrected chi connectivity index (χ0v) is 12.4. The summed E-state index contributed by atoms with van der Waals surface area (Å²) in [7, 11) is 0. The molecule has 0 radical (unpaired) electrons. The van der Waals surface area contributed by atoms with Gasteiger partial charge in [-0.3, -0.25) is 0 Å². The van der Waals surface area contributed by atoms with Crippen LogP contribution in [-0.2, 0) is 4.59 Å². The Labute approximate surface area is 116 Å². The molecule has 0 fully saturated rings. The number of aryl methyl sites for hydroxylation is 1. The van der Waals surface area contributed by atoms with E-state index in [1.807, 2.05) is 22.9 Å². The Morgan fingerprint density at radius 2 is 1.83 bits per heavy atom. The molecule has 0 aliphatic heterocycles. The van der Waals surface area contributed by atoms with Crippen LogP contribution in [0.2, 0.25) is 0 Å². The van der Waals surface area contributed by atoms with Gasteiger partial charge in [-0.15, -0.1) is 0 Å². The van der Waals surface area contributed by atoms with E-state index in [9.17, 15) is 0 Å². The van der Waals surface area contributed by atoms with Gasteiger partial charge in [-0.1, -0.05) is 0 Å². The van der Waals surface area contributed by atoms with Crippen LogP contribution in [0.4, 0.5) is 0 Å². The number of hydrogen-bond donors (Lipinski definition) is 0. The first kappa shape index (κ1) is 11.7. The molecule has 0 bridgehead atoms. The van der Waals surface area contributed by atoms with Crippen LogP contribution in [-0.4, -0.2) is 35.9 Å². The fourth-order valence-corrected chi connectivity index (χ4v) is 4.04. The molecule has 0 saturated carbocycles. The van der Waals surface area contributed by atoms with Crippen LogP contribution in [0.1, 0.15) is 5.56 Å². The molecule has 3 nitrogen and oxygen atoms in total. The molecule has 90 valence electrons. The molecule has 0 aliphatic carbocycles. The fraction of sp³-hybridized carbons (Fsp3) is 0.143. The van der Waals surface area contributed by atoms with Gasteiger partial charge in [0, 0.05) is 0 Å². The molecule has 0 saturated heterocycles. The average molecular weight is 351 g/mol. The van der Waals surface area contributed by atoms with E-state index in [0.717, 1.165) is 15.6 Å². The van der Waals surface area contributed by atoms with Crippen molar-refractivity contribution in [1.82, 2.24) is 15.0 Å². The topological polar surface area (TPSA) is 30.7 Å². The van der Waals surface area contributed by atoms with Crippen molar-refractivity contribution in [3.8, 4) is 0 Å². The van der Waals surface area contributed by atoms with Crippen LogP contribution in [0.3, 0.4) is 0 Å². The van der Waals surface area contributed by atoms with Gasteiger partial charge in [0.15, 0.2) is 0 Å². The summed E-state index contributed by atoms with van der Waals surface area (Å²) in [6.45, 7) is 2.12. The van der Waals surface area contributed by atoms with Crippen molar-refractivity contribution in [2.75, 3.05) is 0 Å². The van der Waals surface area contributed by atoms with E-state index in [2.05, 4.69) is 47.6 Å². The normalized spacial score (nSPS) is 10.9. The molecule has 0 atom stereocenters. The summed E-state index contributed by atoms with van der Waals surface area (Å²) in [6, 6.07) is 16.9. The van der Waals surface area contributed by atoms with Crippen LogP contribution in [0, 0.1) is 6.92 Å². The van der Waals surface area contributed by atoms with Crippen molar-refractivity contribution < 1.29 is 0 Å². The number of benzene rings is 2. The summed E-state index contributed by atoms with van der Waals surface area (Å²) >= 11 is -0.241. The number of aromatic nitrogens is 3. The summed E-state index contributed by atoms with van der Waals surface area (Å²) in [5.41, 5.74) is 3.43. The second kappa shape index (κ2) is 5.09. The van der Waals surface area contributed by atoms with Crippen LogP contribution in [0.5, 0.6) is 0 Å². The predicted molar refractivity (Wildman–Crippen MR) is 74.1 cm³/mol. The Balaban J connectivity index is 1.79. The van der Waals surface area contributed by atoms with Gasteiger partial charge in [0.05, 0.1) is 0 Å². The molecule has 0 spiro atoms. The van der Waals surface area contributed by atoms with Crippen LogP contribution in [0.25, 0.3) is 11.0 Å². The number of nitrogens with zero attached hydrogens (tertiary/aromatic N) is 3. The van der Waals surface area contributed by atoms with E-state index in [4.69, 9.17) is 0 Å². The predicted octanol–water partition coefficient (Wildman–Crippen LogP) is 1.73. The van der Waals surface area contributed by atoms with Crippen molar-refractivity contribution in [3.63, 3.8) is 0 Å². The maximum atomic E-state index is 4.23. The van der Waals surface area contributed by atoms with Gasteiger partial charge >= 0.3 is 116 Å². The Hall–Kier alpha value is -1.37. The average Bonchev–Trinajstić information content (AvgIpc) is 2.82. The quantitative estimate of drug-likeness (QED) is 0.673. The first-order chi connectivity index (χ1) is 8.83. The molecule has 3 rings (SSSR count). The van der Waals surface area contributed by atoms with E-state index in [1.54, 1.807) is 0 Å². The van der Waals surface area contributed by atoms with Crippen molar-refractivity contribution >= 4 is 35.6 Å². The second-order valence-corrected chi connectivity index (χ2v) is 7.07. The summed E-state index contributed by atoms with van der Waals surface area (Å²) < 4.78 is 4.48. The standard InChI is InChI=1S/C14H13N3Te/c1-11-6-8-12(9-7-11)18-10-17-14-5-3-2-4-13(14)15-16-17/h2-9H,10H2,1H3. The summed E-state index contributed by atoms with van der Waals surface area (Å²) in [4.78, 5) is 0. The Morgan fingerprint density at radius 3 is 2.67 bits per heavy atom. The van der Waals surface area contributed by atoms with Crippen molar-refractivity contribution in [3.05, 3.63) is 54.1 Å². The Bertz CT molecular complexity index is 658. The summed E-state index contributed by atoms with van der Waals surface area (Å²) in [5.74, 6) is 0. The minimum absolute atomic E-state index is 0.241. The third-order valence-corrected chi connectivity index (χ3v) is 5.59. The van der Waals surface area contributed by atoms with E-state index < -0.39 is 0 Å². The third-order valence-electron chi connectivity index (χ3n) is 2.79. The Morgan fingerprint density at radius 1 is 1.06 bits per heavy atom. The van der Waals surface area contributed by atoms with Crippen molar-refractivity contribution in [2.45, 2.75) is 11.5 Å². The first-order valence-corrected chi connectivity index (χ1v) is 8.62. The molecule has 1 heterocycles. The fourth-order valence-electron chi connectivity index (χ4n) is 1.78. The zero-order chi connectivity index (χ0) is 12.4. The second-order valence-electron chi connectivity index (χ2n) is 4.16. The molecule has 0 N–H and O–H groups in total. The zero-order valence-electron chi connectivity index (χ0n) is 10.1. The van der Waals surface area contributed by atoms with Gasteiger partial charge < -0.3 is 0 Å². The number of hydrogen-bond acceptors (Lipinski definition) is 2. The molecule has 1 aromatic heterocycles. The molecule has 2 aromatic carbocycles. The van der Waals surface area contributed by atoms with Gasteiger partial charge in [-0.25, -0.2) is 0 Å². The first-order valence-electron chi connectivity index (χ1n) is 5.80. The Kier molecular flexibility index (Phi) is 3.31. The molecule has 0 aliphatic rings. The number of para-hydroxylation sites is 1. The third kappa shape index (κ3) is 2.40. The molecule has 3 aromatic rings. The van der Waals surface area contributed by atoms with E-state index in [-0.39, 0.29) is 20.9 Å². The van der Waals surface area contributed by atoms with E-state index in [0.29, 0.717) is 0 Å². The minimum atomic E-state index is -0.241. The van der Waals surface area contributed by atoms with Crippen molar-refractivity contribution in [2.24, 2.45) is 0 Å². The molecular formula is C14H13N3Te. The van der Waals surface area contributed by atoms with Crippen LogP contribution < -0.4 is 3.61 Å². The van der Waals surface area contributed by atoms with Gasteiger partial charge in [-0.2, -0.15) is 0 Å². The molecule has 4 heteroatoms. The summed E-state index contributed by atoms with van der Waals surface area (Å²) in [6.07, 6.45) is 0. The number of rotatable bonds is 3. The van der Waals surface area contributed by atoms with E-state index in [1.165, 1.54) is 9.17 Å². The van der Waals surface area contributed by atoms with Crippen LogP contribution in [0.15, 0.2) is 48.5 Å². The van der Waals surface area contributed by atoms with Gasteiger partial charge in [0.2, 0.25) is 0 Å². The van der Waals surface area contributed by atoms with Crippen molar-refractivity contribution in [1.29, 1.82) is 0 Å². The van der Waals surface area contributed by atoms with Gasteiger partial charge in [-0.05, 0) is 0 Å². The maximum absolute atomic E-state index is 4.23. The van der Waals surface area contributed by atoms with Gasteiger partial charge in [0.25, 0.3) is 0 Å². The molecule has 18 heavy (non-hydrogen) atoms. The monoisotopic (exact) mass is 353 g/mol.